The van der Waals surface area contributed by atoms with Gasteiger partial charge in [-0.25, -0.2) is 4.98 Å². The molecule has 0 amide bonds. The van der Waals surface area contributed by atoms with E-state index in [1.807, 2.05) is 48.5 Å². The predicted molar refractivity (Wildman–Crippen MR) is 132 cm³/mol. The number of para-hydroxylation sites is 1. The molecule has 0 fully saturated rings. The summed E-state index contributed by atoms with van der Waals surface area (Å²) in [6.45, 7) is 0.184. The molecular formula is C24H17Cl3N2OS. The number of oxime groups is 1. The Hall–Kier alpha value is -2.24. The van der Waals surface area contributed by atoms with Crippen LogP contribution in [-0.2, 0) is 17.2 Å². The van der Waals surface area contributed by atoms with Crippen LogP contribution in [0.25, 0.3) is 10.9 Å². The lowest BCUT2D eigenvalue weighted by molar-refractivity contribution is 0.132. The second kappa shape index (κ2) is 10.4. The summed E-state index contributed by atoms with van der Waals surface area (Å²) in [6.07, 6.45) is 1.67. The summed E-state index contributed by atoms with van der Waals surface area (Å²) >= 11 is 20.0. The van der Waals surface area contributed by atoms with Crippen molar-refractivity contribution >= 4 is 63.7 Å². The summed E-state index contributed by atoms with van der Waals surface area (Å²) in [5.74, 6) is 0.763. The normalized spacial score (nSPS) is 11.3. The zero-order valence-electron chi connectivity index (χ0n) is 16.3. The molecule has 3 nitrogen and oxygen atoms in total. The Morgan fingerprint density at radius 3 is 2.42 bits per heavy atom. The van der Waals surface area contributed by atoms with Crippen LogP contribution in [0.15, 0.2) is 83.0 Å². The standard InChI is InChI=1S/C24H17Cl3N2OS/c25-19-10-8-16(9-11-19)15-31-24-18(12-17-4-1-2-7-23(17)29-24)13-28-30-14-20-21(26)5-3-6-22(20)27/h1-13H,14-15H2/b28-13-. The van der Waals surface area contributed by atoms with Gasteiger partial charge < -0.3 is 4.84 Å². The SMILES string of the molecule is Clc1ccc(CSc2nc3ccccc3cc2/C=N\OCc2c(Cl)cccc2Cl)cc1. The molecule has 0 N–H and O–H groups in total. The minimum atomic E-state index is 0.184. The first-order valence-corrected chi connectivity index (χ1v) is 11.6. The molecule has 0 unspecified atom stereocenters. The Balaban J connectivity index is 1.54. The molecule has 0 radical (unpaired) electrons. The highest BCUT2D eigenvalue weighted by Gasteiger charge is 2.08. The van der Waals surface area contributed by atoms with Gasteiger partial charge in [-0.2, -0.15) is 0 Å². The quantitative estimate of drug-likeness (QED) is 0.150. The summed E-state index contributed by atoms with van der Waals surface area (Å²) in [5, 5.41) is 7.87. The Morgan fingerprint density at radius 1 is 0.903 bits per heavy atom. The van der Waals surface area contributed by atoms with Gasteiger partial charge in [-0.15, -0.1) is 11.8 Å². The van der Waals surface area contributed by atoms with Crippen LogP contribution in [0.1, 0.15) is 16.7 Å². The van der Waals surface area contributed by atoms with Crippen LogP contribution < -0.4 is 0 Å². The van der Waals surface area contributed by atoms with E-state index in [1.165, 1.54) is 0 Å². The number of nitrogens with zero attached hydrogens (tertiary/aromatic N) is 2. The number of benzene rings is 3. The Morgan fingerprint density at radius 2 is 1.65 bits per heavy atom. The van der Waals surface area contributed by atoms with Crippen molar-refractivity contribution in [3.05, 3.63) is 105 Å². The van der Waals surface area contributed by atoms with Gasteiger partial charge in [0.2, 0.25) is 0 Å². The van der Waals surface area contributed by atoms with Gasteiger partial charge in [0.15, 0.2) is 0 Å². The van der Waals surface area contributed by atoms with E-state index in [-0.39, 0.29) is 6.61 Å². The lowest BCUT2D eigenvalue weighted by atomic mass is 10.2. The topological polar surface area (TPSA) is 34.5 Å². The van der Waals surface area contributed by atoms with E-state index in [0.29, 0.717) is 15.6 Å². The second-order valence-corrected chi connectivity index (χ2v) is 8.91. The Kier molecular flexibility index (Phi) is 7.36. The molecule has 0 saturated carbocycles. The maximum absolute atomic E-state index is 6.19. The first kappa shape index (κ1) is 22.0. The van der Waals surface area contributed by atoms with Crippen LogP contribution in [-0.4, -0.2) is 11.2 Å². The van der Waals surface area contributed by atoms with Crippen molar-refractivity contribution in [1.82, 2.24) is 4.98 Å². The molecule has 4 aromatic rings. The molecule has 0 saturated heterocycles. The van der Waals surface area contributed by atoms with Gasteiger partial charge in [0.25, 0.3) is 0 Å². The smallest absolute Gasteiger partial charge is 0.145 e. The molecule has 156 valence electrons. The second-order valence-electron chi connectivity index (χ2n) is 6.70. The molecule has 1 heterocycles. The number of aromatic nitrogens is 1. The van der Waals surface area contributed by atoms with Crippen molar-refractivity contribution in [3.63, 3.8) is 0 Å². The highest BCUT2D eigenvalue weighted by Crippen LogP contribution is 2.28. The number of pyridine rings is 1. The van der Waals surface area contributed by atoms with Crippen LogP contribution in [0.3, 0.4) is 0 Å². The lowest BCUT2D eigenvalue weighted by Crippen LogP contribution is -1.95. The van der Waals surface area contributed by atoms with Gasteiger partial charge in [-0.3, -0.25) is 0 Å². The molecule has 0 bridgehead atoms. The Bertz CT molecular complexity index is 1210. The molecule has 0 aliphatic carbocycles. The van der Waals surface area contributed by atoms with Crippen molar-refractivity contribution in [3.8, 4) is 0 Å². The molecule has 31 heavy (non-hydrogen) atoms. The third-order valence-corrected chi connectivity index (χ3v) is 6.58. The van der Waals surface area contributed by atoms with E-state index < -0.39 is 0 Å². The minimum absolute atomic E-state index is 0.184. The molecular weight excluding hydrogens is 471 g/mol. The fraction of sp³-hybridized carbons (Fsp3) is 0.0833. The first-order chi connectivity index (χ1) is 15.1. The fourth-order valence-electron chi connectivity index (χ4n) is 2.92. The molecule has 1 aromatic heterocycles. The number of hydrogen-bond acceptors (Lipinski definition) is 4. The number of thioether (sulfide) groups is 1. The summed E-state index contributed by atoms with van der Waals surface area (Å²) in [5.41, 5.74) is 3.68. The van der Waals surface area contributed by atoms with E-state index in [2.05, 4.69) is 11.2 Å². The monoisotopic (exact) mass is 486 g/mol. The minimum Gasteiger partial charge on any atom is -0.391 e. The number of hydrogen-bond donors (Lipinski definition) is 0. The van der Waals surface area contributed by atoms with Crippen molar-refractivity contribution in [2.24, 2.45) is 5.16 Å². The van der Waals surface area contributed by atoms with Crippen LogP contribution in [0.2, 0.25) is 15.1 Å². The van der Waals surface area contributed by atoms with E-state index in [4.69, 9.17) is 44.6 Å². The van der Waals surface area contributed by atoms with Crippen LogP contribution in [0.4, 0.5) is 0 Å². The maximum atomic E-state index is 6.19. The fourth-order valence-corrected chi connectivity index (χ4v) is 4.49. The average molecular weight is 488 g/mol. The van der Waals surface area contributed by atoms with Gasteiger partial charge in [-0.1, -0.05) is 76.4 Å². The van der Waals surface area contributed by atoms with E-state index in [0.717, 1.165) is 37.8 Å². The van der Waals surface area contributed by atoms with Crippen LogP contribution >= 0.6 is 46.6 Å². The Labute approximate surface area is 200 Å². The molecule has 7 heteroatoms. The lowest BCUT2D eigenvalue weighted by Gasteiger charge is -2.08. The summed E-state index contributed by atoms with van der Waals surface area (Å²) in [7, 11) is 0. The highest BCUT2D eigenvalue weighted by atomic mass is 35.5. The zero-order chi connectivity index (χ0) is 21.6. The predicted octanol–water partition coefficient (Wildman–Crippen LogP) is 8.04. The molecule has 0 aliphatic rings. The van der Waals surface area contributed by atoms with Crippen molar-refractivity contribution in [2.45, 2.75) is 17.4 Å². The van der Waals surface area contributed by atoms with Gasteiger partial charge >= 0.3 is 0 Å². The van der Waals surface area contributed by atoms with Crippen molar-refractivity contribution in [2.75, 3.05) is 0 Å². The third kappa shape index (κ3) is 5.72. The summed E-state index contributed by atoms with van der Waals surface area (Å²) in [6, 6.07) is 23.2. The number of rotatable bonds is 7. The number of fused-ring (bicyclic) bond motifs is 1. The first-order valence-electron chi connectivity index (χ1n) is 9.45. The van der Waals surface area contributed by atoms with Crippen molar-refractivity contribution in [1.29, 1.82) is 0 Å². The summed E-state index contributed by atoms with van der Waals surface area (Å²) < 4.78 is 0. The third-order valence-electron chi connectivity index (χ3n) is 4.54. The van der Waals surface area contributed by atoms with Gasteiger partial charge in [0.05, 0.1) is 11.7 Å². The largest absolute Gasteiger partial charge is 0.391 e. The van der Waals surface area contributed by atoms with E-state index in [1.54, 1.807) is 36.2 Å². The van der Waals surface area contributed by atoms with Gasteiger partial charge in [0.1, 0.15) is 11.6 Å². The van der Waals surface area contributed by atoms with E-state index in [9.17, 15) is 0 Å². The maximum Gasteiger partial charge on any atom is 0.145 e. The van der Waals surface area contributed by atoms with Crippen LogP contribution in [0, 0.1) is 0 Å². The van der Waals surface area contributed by atoms with E-state index >= 15 is 0 Å². The van der Waals surface area contributed by atoms with Crippen LogP contribution in [0.5, 0.6) is 0 Å². The number of halogens is 3. The van der Waals surface area contributed by atoms with Crippen molar-refractivity contribution < 1.29 is 4.84 Å². The molecule has 0 atom stereocenters. The van der Waals surface area contributed by atoms with Gasteiger partial charge in [0, 0.05) is 37.3 Å². The molecule has 0 aliphatic heterocycles. The highest BCUT2D eigenvalue weighted by molar-refractivity contribution is 7.98. The van der Waals surface area contributed by atoms with Gasteiger partial charge in [-0.05, 0) is 42.0 Å². The molecule has 4 rings (SSSR count). The summed E-state index contributed by atoms with van der Waals surface area (Å²) in [4.78, 5) is 10.3. The average Bonchev–Trinajstić information content (AvgIpc) is 2.77. The zero-order valence-corrected chi connectivity index (χ0v) is 19.3. The molecule has 3 aromatic carbocycles. The molecule has 0 spiro atoms.